The van der Waals surface area contributed by atoms with Crippen molar-refractivity contribution in [3.05, 3.63) is 54.1 Å². The molecule has 4 rings (SSSR count). The Morgan fingerprint density at radius 1 is 1.17 bits per heavy atom. The predicted molar refractivity (Wildman–Crippen MR) is 115 cm³/mol. The summed E-state index contributed by atoms with van der Waals surface area (Å²) in [5, 5.41) is 15.2. The van der Waals surface area contributed by atoms with Gasteiger partial charge in [0.15, 0.2) is 11.5 Å². The van der Waals surface area contributed by atoms with Crippen LogP contribution in [-0.4, -0.2) is 46.1 Å². The highest BCUT2D eigenvalue weighted by atomic mass is 35.5. The molecule has 8 nitrogen and oxygen atoms in total. The van der Waals surface area contributed by atoms with Gasteiger partial charge in [-0.25, -0.2) is 0 Å². The number of nitrogens with zero attached hydrogens (tertiary/aromatic N) is 4. The van der Waals surface area contributed by atoms with Crippen LogP contribution in [0, 0.1) is 0 Å². The molecule has 1 N–H and O–H groups in total. The molecular weight excluding hydrogens is 406 g/mol. The van der Waals surface area contributed by atoms with Crippen LogP contribution in [0.5, 0.6) is 17.5 Å². The van der Waals surface area contributed by atoms with E-state index >= 15 is 0 Å². The summed E-state index contributed by atoms with van der Waals surface area (Å²) in [4.78, 5) is 0. The molecule has 0 bridgehead atoms. The molecule has 9 heteroatoms. The van der Waals surface area contributed by atoms with Crippen molar-refractivity contribution < 1.29 is 14.2 Å². The Bertz CT molecular complexity index is 916. The molecule has 2 heterocycles. The zero-order valence-electron chi connectivity index (χ0n) is 16.9. The second kappa shape index (κ2) is 10.9. The van der Waals surface area contributed by atoms with E-state index in [4.69, 9.17) is 14.2 Å². The summed E-state index contributed by atoms with van der Waals surface area (Å²) in [6.45, 7) is 4.94. The molecule has 1 fully saturated rings. The first-order chi connectivity index (χ1) is 14.3. The molecule has 1 aliphatic heterocycles. The van der Waals surface area contributed by atoms with Crippen LogP contribution in [-0.2, 0) is 11.3 Å². The van der Waals surface area contributed by atoms with Crippen molar-refractivity contribution in [2.24, 2.45) is 0 Å². The molecule has 0 amide bonds. The minimum absolute atomic E-state index is 0. The molecule has 0 radical (unpaired) electrons. The fourth-order valence-electron chi connectivity index (χ4n) is 3.27. The maximum absolute atomic E-state index is 5.99. The number of ether oxygens (including phenoxy) is 3. The number of tetrazole rings is 1. The van der Waals surface area contributed by atoms with Crippen LogP contribution in [0.2, 0.25) is 0 Å². The number of rotatable bonds is 9. The fraction of sp³-hybridized carbons (Fsp3) is 0.381. The zero-order valence-corrected chi connectivity index (χ0v) is 17.7. The molecule has 1 atom stereocenters. The monoisotopic (exact) mass is 431 g/mol. The van der Waals surface area contributed by atoms with Crippen LogP contribution >= 0.6 is 12.4 Å². The maximum atomic E-state index is 5.99. The minimum atomic E-state index is 0. The summed E-state index contributed by atoms with van der Waals surface area (Å²) >= 11 is 0. The van der Waals surface area contributed by atoms with Crippen molar-refractivity contribution in [3.63, 3.8) is 0 Å². The van der Waals surface area contributed by atoms with Gasteiger partial charge in [0.25, 0.3) is 0 Å². The van der Waals surface area contributed by atoms with Gasteiger partial charge in [-0.15, -0.1) is 12.4 Å². The fourth-order valence-corrected chi connectivity index (χ4v) is 3.27. The summed E-state index contributed by atoms with van der Waals surface area (Å²) in [6.07, 6.45) is 2.59. The van der Waals surface area contributed by atoms with E-state index in [0.717, 1.165) is 43.8 Å². The highest BCUT2D eigenvalue weighted by Gasteiger charge is 2.16. The van der Waals surface area contributed by atoms with Crippen LogP contribution in [0.15, 0.2) is 48.5 Å². The third-order valence-corrected chi connectivity index (χ3v) is 4.68. The van der Waals surface area contributed by atoms with Gasteiger partial charge in [-0.3, -0.25) is 0 Å². The van der Waals surface area contributed by atoms with Crippen LogP contribution in [0.1, 0.15) is 25.3 Å². The van der Waals surface area contributed by atoms with Crippen molar-refractivity contribution in [2.75, 3.05) is 19.8 Å². The number of benzene rings is 2. The molecule has 0 spiro atoms. The number of nitrogens with one attached hydrogen (secondary N) is 1. The second-order valence-electron chi connectivity index (χ2n) is 6.79. The number of para-hydroxylation sites is 1. The van der Waals surface area contributed by atoms with Gasteiger partial charge in [0.2, 0.25) is 0 Å². The third kappa shape index (κ3) is 5.47. The van der Waals surface area contributed by atoms with Gasteiger partial charge in [-0.1, -0.05) is 29.4 Å². The first kappa shape index (κ1) is 22.0. The lowest BCUT2D eigenvalue weighted by Crippen LogP contribution is -2.25. The molecule has 160 valence electrons. The average molecular weight is 432 g/mol. The van der Waals surface area contributed by atoms with Crippen LogP contribution in [0.25, 0.3) is 5.69 Å². The lowest BCUT2D eigenvalue weighted by molar-refractivity contribution is 0.110. The standard InChI is InChI=1S/C21H25N5O3.ClH/c1-2-27-20-13-16(14-22-15-18-9-6-12-28-18)10-11-19(20)29-21-23-24-25-26(21)17-7-4-3-5-8-17;/h3-5,7-8,10-11,13,18,22H,2,6,9,12,14-15H2,1H3;1H. The molecule has 30 heavy (non-hydrogen) atoms. The summed E-state index contributed by atoms with van der Waals surface area (Å²) in [7, 11) is 0. The zero-order chi connectivity index (χ0) is 19.9. The van der Waals surface area contributed by atoms with Gasteiger partial charge in [-0.05, 0) is 60.0 Å². The predicted octanol–water partition coefficient (Wildman–Crippen LogP) is 3.54. The van der Waals surface area contributed by atoms with Crippen molar-refractivity contribution >= 4 is 12.4 Å². The lowest BCUT2D eigenvalue weighted by Gasteiger charge is -2.14. The average Bonchev–Trinajstić information content (AvgIpc) is 3.43. The topological polar surface area (TPSA) is 83.3 Å². The Balaban J connectivity index is 0.00000256. The largest absolute Gasteiger partial charge is 0.490 e. The molecule has 1 aromatic heterocycles. The van der Waals surface area contributed by atoms with E-state index in [9.17, 15) is 0 Å². The first-order valence-electron chi connectivity index (χ1n) is 9.93. The number of aromatic nitrogens is 4. The molecular formula is C21H26ClN5O3. The Labute approximate surface area is 181 Å². The summed E-state index contributed by atoms with van der Waals surface area (Å²) < 4.78 is 19.0. The van der Waals surface area contributed by atoms with Gasteiger partial charge in [0, 0.05) is 19.7 Å². The molecule has 1 unspecified atom stereocenters. The summed E-state index contributed by atoms with van der Waals surface area (Å²) in [6, 6.07) is 15.8. The Morgan fingerprint density at radius 2 is 2.03 bits per heavy atom. The SMILES string of the molecule is CCOc1cc(CNCC2CCCO2)ccc1Oc1nnnn1-c1ccccc1.Cl. The van der Waals surface area contributed by atoms with E-state index in [1.54, 1.807) is 4.68 Å². The number of halogens is 1. The normalized spacial score (nSPS) is 15.6. The second-order valence-corrected chi connectivity index (χ2v) is 6.79. The van der Waals surface area contributed by atoms with Crippen molar-refractivity contribution in [1.29, 1.82) is 0 Å². The van der Waals surface area contributed by atoms with Gasteiger partial charge >= 0.3 is 6.01 Å². The van der Waals surface area contributed by atoms with E-state index in [0.29, 0.717) is 24.2 Å². The van der Waals surface area contributed by atoms with Gasteiger partial charge in [0.1, 0.15) is 0 Å². The van der Waals surface area contributed by atoms with E-state index in [1.807, 2.05) is 55.5 Å². The highest BCUT2D eigenvalue weighted by Crippen LogP contribution is 2.32. The molecule has 2 aromatic carbocycles. The van der Waals surface area contributed by atoms with Crippen molar-refractivity contribution in [1.82, 2.24) is 25.5 Å². The van der Waals surface area contributed by atoms with E-state index in [1.165, 1.54) is 0 Å². The summed E-state index contributed by atoms with van der Waals surface area (Å²) in [5.74, 6) is 1.23. The maximum Gasteiger partial charge on any atom is 0.346 e. The Kier molecular flexibility index (Phi) is 8.01. The summed E-state index contributed by atoms with van der Waals surface area (Å²) in [5.41, 5.74) is 1.93. The van der Waals surface area contributed by atoms with E-state index in [-0.39, 0.29) is 18.4 Å². The molecule has 0 saturated carbocycles. The van der Waals surface area contributed by atoms with E-state index in [2.05, 4.69) is 20.8 Å². The third-order valence-electron chi connectivity index (χ3n) is 4.68. The Morgan fingerprint density at radius 3 is 2.80 bits per heavy atom. The molecule has 1 saturated heterocycles. The van der Waals surface area contributed by atoms with Crippen LogP contribution in [0.3, 0.4) is 0 Å². The molecule has 1 aliphatic rings. The number of hydrogen-bond donors (Lipinski definition) is 1. The van der Waals surface area contributed by atoms with E-state index < -0.39 is 0 Å². The Hall–Kier alpha value is -2.68. The quantitative estimate of drug-likeness (QED) is 0.554. The smallest absolute Gasteiger partial charge is 0.346 e. The highest BCUT2D eigenvalue weighted by molar-refractivity contribution is 5.85. The van der Waals surface area contributed by atoms with Gasteiger partial charge < -0.3 is 19.5 Å². The minimum Gasteiger partial charge on any atom is -0.490 e. The number of hydrogen-bond acceptors (Lipinski definition) is 7. The van der Waals surface area contributed by atoms with Crippen LogP contribution < -0.4 is 14.8 Å². The van der Waals surface area contributed by atoms with Crippen molar-refractivity contribution in [2.45, 2.75) is 32.4 Å². The van der Waals surface area contributed by atoms with Crippen molar-refractivity contribution in [3.8, 4) is 23.2 Å². The molecule has 0 aliphatic carbocycles. The van der Waals surface area contributed by atoms with Crippen LogP contribution in [0.4, 0.5) is 0 Å². The molecule has 3 aromatic rings. The van der Waals surface area contributed by atoms with Gasteiger partial charge in [-0.2, -0.15) is 4.68 Å². The van der Waals surface area contributed by atoms with Gasteiger partial charge in [0.05, 0.1) is 18.4 Å². The lowest BCUT2D eigenvalue weighted by atomic mass is 10.2. The first-order valence-corrected chi connectivity index (χ1v) is 9.93.